The van der Waals surface area contributed by atoms with Crippen LogP contribution >= 0.6 is 0 Å². The number of para-hydroxylation sites is 3. The van der Waals surface area contributed by atoms with Gasteiger partial charge in [-0.05, 0) is 31.2 Å². The minimum absolute atomic E-state index is 0.162. The molecule has 0 radical (unpaired) electrons. The second-order valence-corrected chi connectivity index (χ2v) is 6.50. The smallest absolute Gasteiger partial charge is 0.248 e. The van der Waals surface area contributed by atoms with Crippen LogP contribution in [-0.2, 0) is 11.2 Å². The molecule has 0 aliphatic heterocycles. The number of benzene rings is 2. The molecule has 1 atom stereocenters. The van der Waals surface area contributed by atoms with Crippen molar-refractivity contribution in [2.45, 2.75) is 26.3 Å². The molecule has 2 aromatic carbocycles. The third-order valence-electron chi connectivity index (χ3n) is 4.77. The van der Waals surface area contributed by atoms with Gasteiger partial charge in [0.1, 0.15) is 11.9 Å². The van der Waals surface area contributed by atoms with Crippen LogP contribution in [0.1, 0.15) is 25.7 Å². The first kappa shape index (κ1) is 17.0. The van der Waals surface area contributed by atoms with Crippen molar-refractivity contribution < 1.29 is 4.79 Å². The largest absolute Gasteiger partial charge is 0.322 e. The monoisotopic (exact) mass is 360 g/mol. The molecule has 1 unspecified atom stereocenters. The molecule has 0 aliphatic carbocycles. The second kappa shape index (κ2) is 6.72. The van der Waals surface area contributed by atoms with Crippen molar-refractivity contribution in [3.05, 3.63) is 70.8 Å². The van der Waals surface area contributed by atoms with E-state index in [1.165, 1.54) is 6.07 Å². The zero-order valence-corrected chi connectivity index (χ0v) is 15.2. The van der Waals surface area contributed by atoms with Crippen LogP contribution in [0.2, 0.25) is 0 Å². The normalized spacial score (nSPS) is 12.4. The highest BCUT2D eigenvalue weighted by atomic mass is 16.2. The zero-order valence-electron chi connectivity index (χ0n) is 15.2. The van der Waals surface area contributed by atoms with Crippen LogP contribution in [-0.4, -0.2) is 20.4 Å². The number of carbonyl (C=O) groups excluding carboxylic acids is 1. The molecule has 6 nitrogen and oxygen atoms in total. The van der Waals surface area contributed by atoms with Gasteiger partial charge in [-0.3, -0.25) is 9.59 Å². The number of hydrogen-bond donors (Lipinski definition) is 2. The van der Waals surface area contributed by atoms with Crippen LogP contribution in [0, 0.1) is 0 Å². The minimum Gasteiger partial charge on any atom is -0.322 e. The number of nitrogens with zero attached hydrogens (tertiary/aromatic N) is 2. The summed E-state index contributed by atoms with van der Waals surface area (Å²) < 4.78 is 1.97. The lowest BCUT2D eigenvalue weighted by atomic mass is 10.2. The van der Waals surface area contributed by atoms with Crippen molar-refractivity contribution in [2.75, 3.05) is 5.32 Å². The van der Waals surface area contributed by atoms with E-state index in [1.54, 1.807) is 12.1 Å². The van der Waals surface area contributed by atoms with Gasteiger partial charge in [0.15, 0.2) is 0 Å². The summed E-state index contributed by atoms with van der Waals surface area (Å²) in [7, 11) is 0. The Balaban J connectivity index is 1.72. The summed E-state index contributed by atoms with van der Waals surface area (Å²) in [5, 5.41) is 3.82. The molecular formula is C21H20N4O2. The number of hydrogen-bond acceptors (Lipinski definition) is 3. The Kier molecular flexibility index (Phi) is 4.24. The third kappa shape index (κ3) is 2.99. The Morgan fingerprint density at radius 2 is 1.96 bits per heavy atom. The van der Waals surface area contributed by atoms with E-state index in [9.17, 15) is 9.59 Å². The zero-order chi connectivity index (χ0) is 19.0. The molecular weight excluding hydrogens is 340 g/mol. The molecule has 1 amide bonds. The third-order valence-corrected chi connectivity index (χ3v) is 4.77. The van der Waals surface area contributed by atoms with E-state index in [0.717, 1.165) is 28.7 Å². The Bertz CT molecular complexity index is 1210. The van der Waals surface area contributed by atoms with E-state index < -0.39 is 6.04 Å². The lowest BCUT2D eigenvalue weighted by molar-refractivity contribution is -0.118. The number of rotatable bonds is 4. The van der Waals surface area contributed by atoms with Gasteiger partial charge in [0, 0.05) is 17.9 Å². The molecule has 2 heterocycles. The van der Waals surface area contributed by atoms with Crippen molar-refractivity contribution in [1.29, 1.82) is 0 Å². The Morgan fingerprint density at radius 3 is 2.78 bits per heavy atom. The van der Waals surface area contributed by atoms with Crippen molar-refractivity contribution in [3.63, 3.8) is 0 Å². The quantitative estimate of drug-likeness (QED) is 0.583. The highest BCUT2D eigenvalue weighted by Gasteiger charge is 2.21. The molecule has 0 spiro atoms. The van der Waals surface area contributed by atoms with Gasteiger partial charge in [0.05, 0.1) is 22.2 Å². The lowest BCUT2D eigenvalue weighted by Crippen LogP contribution is -2.25. The molecule has 0 saturated carbocycles. The highest BCUT2D eigenvalue weighted by molar-refractivity contribution is 6.02. The predicted molar refractivity (Wildman–Crippen MR) is 107 cm³/mol. The second-order valence-electron chi connectivity index (χ2n) is 6.50. The van der Waals surface area contributed by atoms with Crippen LogP contribution in [0.5, 0.6) is 0 Å². The fourth-order valence-corrected chi connectivity index (χ4v) is 3.41. The fraction of sp³-hybridized carbons (Fsp3) is 0.190. The number of carbonyl (C=O) groups is 1. The number of fused-ring (bicyclic) bond motifs is 2. The summed E-state index contributed by atoms with van der Waals surface area (Å²) in [5.41, 5.74) is 2.82. The van der Waals surface area contributed by atoms with Gasteiger partial charge in [0.25, 0.3) is 0 Å². The number of aryl methyl sites for hydroxylation is 1. The Hall–Kier alpha value is -3.41. The van der Waals surface area contributed by atoms with Gasteiger partial charge < -0.3 is 14.9 Å². The summed E-state index contributed by atoms with van der Waals surface area (Å²) in [6, 6.07) is 16.1. The minimum atomic E-state index is -0.446. The van der Waals surface area contributed by atoms with E-state index in [4.69, 9.17) is 0 Å². The SMILES string of the molecule is CCc1nc2ccccc2n1C(C)C(=O)Nc1cccc2ccc(=O)[nH]c12. The van der Waals surface area contributed by atoms with Gasteiger partial charge >= 0.3 is 0 Å². The van der Waals surface area contributed by atoms with Gasteiger partial charge in [-0.1, -0.05) is 31.2 Å². The van der Waals surface area contributed by atoms with E-state index in [1.807, 2.05) is 54.8 Å². The van der Waals surface area contributed by atoms with E-state index in [-0.39, 0.29) is 11.5 Å². The van der Waals surface area contributed by atoms with Gasteiger partial charge in [-0.2, -0.15) is 0 Å². The topological polar surface area (TPSA) is 79.8 Å². The predicted octanol–water partition coefficient (Wildman–Crippen LogP) is 3.64. The summed E-state index contributed by atoms with van der Waals surface area (Å²) in [6.45, 7) is 3.88. The molecule has 27 heavy (non-hydrogen) atoms. The molecule has 0 fully saturated rings. The number of amides is 1. The molecule has 2 N–H and O–H groups in total. The average Bonchev–Trinajstić information content (AvgIpc) is 3.06. The maximum Gasteiger partial charge on any atom is 0.248 e. The molecule has 4 rings (SSSR count). The molecule has 136 valence electrons. The van der Waals surface area contributed by atoms with Crippen molar-refractivity contribution in [2.24, 2.45) is 0 Å². The number of aromatic amines is 1. The standard InChI is InChI=1S/C21H20N4O2/c1-3-18-22-15-8-4-5-10-17(15)25(18)13(2)21(27)23-16-9-6-7-14-11-12-19(26)24-20(14)16/h4-13H,3H2,1-2H3,(H,23,27)(H,24,26). The van der Waals surface area contributed by atoms with Crippen LogP contribution in [0.3, 0.4) is 0 Å². The molecule has 6 heteroatoms. The van der Waals surface area contributed by atoms with Gasteiger partial charge in [-0.15, -0.1) is 0 Å². The van der Waals surface area contributed by atoms with Crippen LogP contribution in [0.4, 0.5) is 5.69 Å². The molecule has 0 aliphatic rings. The number of H-pyrrole nitrogens is 1. The van der Waals surface area contributed by atoms with Crippen molar-refractivity contribution in [1.82, 2.24) is 14.5 Å². The number of nitrogens with one attached hydrogen (secondary N) is 2. The van der Waals surface area contributed by atoms with E-state index >= 15 is 0 Å². The summed E-state index contributed by atoms with van der Waals surface area (Å²) >= 11 is 0. The number of imidazole rings is 1. The molecule has 0 saturated heterocycles. The Morgan fingerprint density at radius 1 is 1.15 bits per heavy atom. The summed E-state index contributed by atoms with van der Waals surface area (Å²) in [6.07, 6.45) is 0.730. The fourth-order valence-electron chi connectivity index (χ4n) is 3.41. The number of aromatic nitrogens is 3. The van der Waals surface area contributed by atoms with Gasteiger partial charge in [-0.25, -0.2) is 4.98 Å². The maximum absolute atomic E-state index is 13.0. The number of pyridine rings is 1. The van der Waals surface area contributed by atoms with Crippen molar-refractivity contribution in [3.8, 4) is 0 Å². The van der Waals surface area contributed by atoms with Crippen LogP contribution in [0.25, 0.3) is 21.9 Å². The van der Waals surface area contributed by atoms with Gasteiger partial charge in [0.2, 0.25) is 11.5 Å². The van der Waals surface area contributed by atoms with Crippen LogP contribution < -0.4 is 10.9 Å². The van der Waals surface area contributed by atoms with Crippen LogP contribution in [0.15, 0.2) is 59.4 Å². The number of anilines is 1. The first-order chi connectivity index (χ1) is 13.1. The summed E-state index contributed by atoms with van der Waals surface area (Å²) in [5.74, 6) is 0.704. The molecule has 0 bridgehead atoms. The molecule has 4 aromatic rings. The average molecular weight is 360 g/mol. The first-order valence-corrected chi connectivity index (χ1v) is 8.97. The lowest BCUT2D eigenvalue weighted by Gasteiger charge is -2.18. The van der Waals surface area contributed by atoms with E-state index in [2.05, 4.69) is 15.3 Å². The van der Waals surface area contributed by atoms with E-state index in [0.29, 0.717) is 11.2 Å². The molecule has 2 aromatic heterocycles. The van der Waals surface area contributed by atoms with Crippen molar-refractivity contribution >= 4 is 33.5 Å². The maximum atomic E-state index is 13.0. The first-order valence-electron chi connectivity index (χ1n) is 8.97. The summed E-state index contributed by atoms with van der Waals surface area (Å²) in [4.78, 5) is 32.1. The highest BCUT2D eigenvalue weighted by Crippen LogP contribution is 2.24. The Labute approximate surface area is 155 Å².